The van der Waals surface area contributed by atoms with E-state index in [4.69, 9.17) is 4.74 Å². The van der Waals surface area contributed by atoms with Gasteiger partial charge in [-0.15, -0.1) is 5.10 Å². The molecule has 2 amide bonds. The first-order chi connectivity index (χ1) is 14.8. The number of carbonyl (C=O) groups is 3. The summed E-state index contributed by atoms with van der Waals surface area (Å²) in [5.74, 6) is -1.40. The van der Waals surface area contributed by atoms with Gasteiger partial charge < -0.3 is 14.5 Å². The number of aromatic nitrogens is 3. The zero-order valence-corrected chi connectivity index (χ0v) is 17.9. The predicted molar refractivity (Wildman–Crippen MR) is 109 cm³/mol. The van der Waals surface area contributed by atoms with Crippen LogP contribution in [0.3, 0.4) is 0 Å². The zero-order valence-electron chi connectivity index (χ0n) is 17.9. The molecule has 1 aliphatic rings. The molecule has 0 saturated carbocycles. The molecule has 1 fully saturated rings. The van der Waals surface area contributed by atoms with Gasteiger partial charge in [-0.05, 0) is 51.0 Å². The maximum atomic E-state index is 13.1. The lowest BCUT2D eigenvalue weighted by Crippen LogP contribution is -2.45. The third-order valence-corrected chi connectivity index (χ3v) is 5.36. The quantitative estimate of drug-likeness (QED) is 0.645. The van der Waals surface area contributed by atoms with Crippen molar-refractivity contribution in [3.8, 4) is 5.69 Å². The molecule has 2 heterocycles. The minimum Gasteiger partial charge on any atom is -0.466 e. The zero-order chi connectivity index (χ0) is 22.5. The van der Waals surface area contributed by atoms with E-state index in [0.717, 1.165) is 0 Å². The van der Waals surface area contributed by atoms with Crippen molar-refractivity contribution in [3.63, 3.8) is 0 Å². The van der Waals surface area contributed by atoms with E-state index >= 15 is 0 Å². The summed E-state index contributed by atoms with van der Waals surface area (Å²) in [4.78, 5) is 40.2. The molecule has 0 unspecified atom stereocenters. The third kappa shape index (κ3) is 5.07. The molecule has 3 rings (SSSR count). The van der Waals surface area contributed by atoms with Gasteiger partial charge in [-0.3, -0.25) is 14.4 Å². The molecule has 1 aromatic carbocycles. The first-order valence-corrected chi connectivity index (χ1v) is 10.2. The van der Waals surface area contributed by atoms with Crippen LogP contribution in [0.2, 0.25) is 0 Å². The van der Waals surface area contributed by atoms with Gasteiger partial charge in [0.1, 0.15) is 5.82 Å². The number of esters is 1. The number of nitrogens with zero attached hydrogens (tertiary/aromatic N) is 5. The van der Waals surface area contributed by atoms with Crippen molar-refractivity contribution in [1.82, 2.24) is 24.8 Å². The molecule has 1 aliphatic heterocycles. The molecule has 10 heteroatoms. The highest BCUT2D eigenvalue weighted by Crippen LogP contribution is 2.19. The lowest BCUT2D eigenvalue weighted by molar-refractivity contribution is -0.151. The molecule has 9 nitrogen and oxygen atoms in total. The third-order valence-electron chi connectivity index (χ3n) is 5.36. The summed E-state index contributed by atoms with van der Waals surface area (Å²) in [7, 11) is 1.53. The molecule has 0 aliphatic carbocycles. The molecule has 1 aromatic heterocycles. The Morgan fingerprint density at radius 2 is 1.84 bits per heavy atom. The van der Waals surface area contributed by atoms with Crippen LogP contribution < -0.4 is 0 Å². The van der Waals surface area contributed by atoms with Crippen LogP contribution in [0.5, 0.6) is 0 Å². The van der Waals surface area contributed by atoms with Gasteiger partial charge in [-0.25, -0.2) is 9.07 Å². The molecule has 0 spiro atoms. The highest BCUT2D eigenvalue weighted by Gasteiger charge is 2.30. The molecule has 0 bridgehead atoms. The Labute approximate surface area is 179 Å². The van der Waals surface area contributed by atoms with Gasteiger partial charge in [0, 0.05) is 20.1 Å². The van der Waals surface area contributed by atoms with Crippen LogP contribution in [0.4, 0.5) is 4.39 Å². The van der Waals surface area contributed by atoms with Crippen LogP contribution in [0.15, 0.2) is 24.3 Å². The summed E-state index contributed by atoms with van der Waals surface area (Å²) in [6, 6.07) is 5.68. The predicted octanol–water partition coefficient (Wildman–Crippen LogP) is 1.59. The second kappa shape index (κ2) is 9.67. The Morgan fingerprint density at radius 1 is 1.19 bits per heavy atom. The van der Waals surface area contributed by atoms with E-state index in [1.165, 1.54) is 28.8 Å². The fourth-order valence-corrected chi connectivity index (χ4v) is 3.53. The summed E-state index contributed by atoms with van der Waals surface area (Å²) < 4.78 is 19.6. The van der Waals surface area contributed by atoms with E-state index in [-0.39, 0.29) is 35.9 Å². The average molecular weight is 431 g/mol. The number of benzene rings is 1. The van der Waals surface area contributed by atoms with Crippen LogP contribution in [0, 0.1) is 18.7 Å². The molecule has 0 radical (unpaired) electrons. The molecule has 2 aromatic rings. The summed E-state index contributed by atoms with van der Waals surface area (Å²) in [5, 5.41) is 7.94. The summed E-state index contributed by atoms with van der Waals surface area (Å²) in [6.45, 7) is 4.59. The monoisotopic (exact) mass is 431 g/mol. The Balaban J connectivity index is 1.59. The average Bonchev–Trinajstić information content (AvgIpc) is 3.15. The molecule has 31 heavy (non-hydrogen) atoms. The smallest absolute Gasteiger partial charge is 0.309 e. The Hall–Kier alpha value is -3.30. The first kappa shape index (κ1) is 22.4. The van der Waals surface area contributed by atoms with Crippen LogP contribution >= 0.6 is 0 Å². The summed E-state index contributed by atoms with van der Waals surface area (Å²) in [6.07, 6.45) is 1.10. The van der Waals surface area contributed by atoms with Gasteiger partial charge in [-0.2, -0.15) is 0 Å². The van der Waals surface area contributed by atoms with Crippen LogP contribution in [-0.2, 0) is 14.3 Å². The highest BCUT2D eigenvalue weighted by atomic mass is 19.1. The van der Waals surface area contributed by atoms with Gasteiger partial charge in [0.05, 0.1) is 30.5 Å². The number of rotatable bonds is 6. The minimum atomic E-state index is -0.430. The number of hydrogen-bond acceptors (Lipinski definition) is 6. The number of likely N-dealkylation sites (tertiary alicyclic amines) is 1. The number of halogens is 1. The first-order valence-electron chi connectivity index (χ1n) is 10.2. The summed E-state index contributed by atoms with van der Waals surface area (Å²) >= 11 is 0. The normalized spacial score (nSPS) is 14.4. The number of hydrogen-bond donors (Lipinski definition) is 0. The highest BCUT2D eigenvalue weighted by molar-refractivity contribution is 5.95. The van der Waals surface area contributed by atoms with Crippen molar-refractivity contribution in [2.45, 2.75) is 26.7 Å². The van der Waals surface area contributed by atoms with Crippen molar-refractivity contribution in [3.05, 3.63) is 41.5 Å². The van der Waals surface area contributed by atoms with E-state index in [1.807, 2.05) is 0 Å². The molecular weight excluding hydrogens is 405 g/mol. The second-order valence-corrected chi connectivity index (χ2v) is 7.48. The molecule has 1 saturated heterocycles. The van der Waals surface area contributed by atoms with Crippen molar-refractivity contribution in [1.29, 1.82) is 0 Å². The van der Waals surface area contributed by atoms with E-state index < -0.39 is 5.91 Å². The second-order valence-electron chi connectivity index (χ2n) is 7.48. The maximum Gasteiger partial charge on any atom is 0.309 e. The van der Waals surface area contributed by atoms with E-state index in [9.17, 15) is 18.8 Å². The fourth-order valence-electron chi connectivity index (χ4n) is 3.53. The van der Waals surface area contributed by atoms with Crippen LogP contribution in [0.1, 0.15) is 35.9 Å². The molecule has 0 N–H and O–H groups in total. The topological polar surface area (TPSA) is 97.6 Å². The van der Waals surface area contributed by atoms with Gasteiger partial charge in [-0.1, -0.05) is 5.21 Å². The van der Waals surface area contributed by atoms with E-state index in [1.54, 1.807) is 30.9 Å². The van der Waals surface area contributed by atoms with Crippen molar-refractivity contribution in [2.75, 3.05) is 33.3 Å². The lowest BCUT2D eigenvalue weighted by Gasteiger charge is -2.32. The Morgan fingerprint density at radius 3 is 2.45 bits per heavy atom. The van der Waals surface area contributed by atoms with E-state index in [0.29, 0.717) is 43.9 Å². The van der Waals surface area contributed by atoms with Crippen molar-refractivity contribution >= 4 is 17.8 Å². The van der Waals surface area contributed by atoms with Gasteiger partial charge >= 0.3 is 5.97 Å². The number of likely N-dealkylation sites (N-methyl/N-ethyl adjacent to an activating group) is 1. The number of ether oxygens (including phenoxy) is 1. The largest absolute Gasteiger partial charge is 0.466 e. The number of amides is 2. The van der Waals surface area contributed by atoms with E-state index in [2.05, 4.69) is 10.3 Å². The van der Waals surface area contributed by atoms with Crippen LogP contribution in [-0.4, -0.2) is 75.9 Å². The maximum absolute atomic E-state index is 13.1. The standard InChI is InChI=1S/C21H26FN5O4/c1-4-31-21(30)15-9-11-26(12-10-15)18(28)13-25(3)20(29)19-14(2)27(24-23-19)17-7-5-16(22)6-8-17/h5-8,15H,4,9-13H2,1-3H3. The number of piperidine rings is 1. The van der Waals surface area contributed by atoms with Gasteiger partial charge in [0.15, 0.2) is 5.69 Å². The fraction of sp³-hybridized carbons (Fsp3) is 0.476. The SMILES string of the molecule is CCOC(=O)C1CCN(C(=O)CN(C)C(=O)c2nnn(-c3ccc(F)cc3)c2C)CC1. The minimum absolute atomic E-state index is 0.105. The Kier molecular flexibility index (Phi) is 6.98. The Bertz CT molecular complexity index is 951. The summed E-state index contributed by atoms with van der Waals surface area (Å²) in [5.41, 5.74) is 1.19. The molecule has 0 atom stereocenters. The van der Waals surface area contributed by atoms with Gasteiger partial charge in [0.25, 0.3) is 5.91 Å². The lowest BCUT2D eigenvalue weighted by atomic mass is 9.97. The van der Waals surface area contributed by atoms with Crippen LogP contribution in [0.25, 0.3) is 5.69 Å². The van der Waals surface area contributed by atoms with Crippen molar-refractivity contribution in [2.24, 2.45) is 5.92 Å². The molecule has 166 valence electrons. The van der Waals surface area contributed by atoms with Crippen molar-refractivity contribution < 1.29 is 23.5 Å². The molecular formula is C21H26FN5O4. The van der Waals surface area contributed by atoms with Gasteiger partial charge in [0.2, 0.25) is 5.91 Å². The number of carbonyl (C=O) groups excluding carboxylic acids is 3.